The Morgan fingerprint density at radius 2 is 1.84 bits per heavy atom. The molecule has 0 bridgehead atoms. The minimum atomic E-state index is -0.578. The van der Waals surface area contributed by atoms with Crippen molar-refractivity contribution in [3.05, 3.63) is 70.8 Å². The lowest BCUT2D eigenvalue weighted by atomic mass is 9.96. The van der Waals surface area contributed by atoms with E-state index in [0.717, 1.165) is 22.4 Å². The second-order valence-electron chi connectivity index (χ2n) is 4.86. The maximum absolute atomic E-state index is 10.4. The highest BCUT2D eigenvalue weighted by Crippen LogP contribution is 2.35. The van der Waals surface area contributed by atoms with Gasteiger partial charge in [0.25, 0.3) is 0 Å². The number of aryl methyl sites for hydroxylation is 1. The van der Waals surface area contributed by atoms with Crippen LogP contribution in [0.5, 0.6) is 5.75 Å². The fourth-order valence-electron chi connectivity index (χ4n) is 2.27. The molecule has 0 spiro atoms. The summed E-state index contributed by atoms with van der Waals surface area (Å²) in [5.41, 5.74) is 4.05. The fourth-order valence-corrected chi connectivity index (χ4v) is 2.27. The lowest BCUT2D eigenvalue weighted by Gasteiger charge is -2.25. The molecule has 2 aromatic carbocycles. The SMILES string of the molecule is Cc1ccc(/C=C2\COc3ccccc3C2O)cc1. The molecule has 2 aromatic rings. The third-order valence-electron chi connectivity index (χ3n) is 3.39. The van der Waals surface area contributed by atoms with Crippen molar-refractivity contribution in [1.82, 2.24) is 0 Å². The van der Waals surface area contributed by atoms with Gasteiger partial charge in [-0.05, 0) is 24.6 Å². The number of hydrogen-bond acceptors (Lipinski definition) is 2. The Bertz CT molecular complexity index is 611. The maximum Gasteiger partial charge on any atom is 0.125 e. The van der Waals surface area contributed by atoms with Gasteiger partial charge in [0, 0.05) is 11.1 Å². The summed E-state index contributed by atoms with van der Waals surface area (Å²) in [5, 5.41) is 10.4. The van der Waals surface area contributed by atoms with Crippen molar-refractivity contribution in [2.45, 2.75) is 13.0 Å². The highest BCUT2D eigenvalue weighted by atomic mass is 16.5. The van der Waals surface area contributed by atoms with Crippen molar-refractivity contribution in [2.75, 3.05) is 6.61 Å². The molecular formula is C17H16O2. The summed E-state index contributed by atoms with van der Waals surface area (Å²) in [6.45, 7) is 2.50. The number of rotatable bonds is 1. The van der Waals surface area contributed by atoms with Crippen molar-refractivity contribution >= 4 is 6.08 Å². The van der Waals surface area contributed by atoms with Gasteiger partial charge in [-0.2, -0.15) is 0 Å². The van der Waals surface area contributed by atoms with Crippen LogP contribution in [0.25, 0.3) is 6.08 Å². The third kappa shape index (κ3) is 2.40. The van der Waals surface area contributed by atoms with Gasteiger partial charge in [0.15, 0.2) is 0 Å². The van der Waals surface area contributed by atoms with E-state index in [-0.39, 0.29) is 0 Å². The first-order chi connectivity index (χ1) is 9.24. The molecule has 3 rings (SSSR count). The van der Waals surface area contributed by atoms with Crippen molar-refractivity contribution < 1.29 is 9.84 Å². The molecule has 2 nitrogen and oxygen atoms in total. The molecule has 0 fully saturated rings. The molecule has 0 saturated heterocycles. The monoisotopic (exact) mass is 252 g/mol. The molecule has 0 aliphatic carbocycles. The highest BCUT2D eigenvalue weighted by molar-refractivity contribution is 5.57. The molecule has 1 aliphatic heterocycles. The van der Waals surface area contributed by atoms with Gasteiger partial charge in [0.05, 0.1) is 0 Å². The van der Waals surface area contributed by atoms with Crippen molar-refractivity contribution in [1.29, 1.82) is 0 Å². The second-order valence-corrected chi connectivity index (χ2v) is 4.86. The molecule has 96 valence electrons. The predicted octanol–water partition coefficient (Wildman–Crippen LogP) is 3.50. The van der Waals surface area contributed by atoms with Crippen LogP contribution in [0, 0.1) is 6.92 Å². The summed E-state index contributed by atoms with van der Waals surface area (Å²) in [6, 6.07) is 15.9. The molecule has 0 radical (unpaired) electrons. The molecule has 1 N–H and O–H groups in total. The molecule has 1 atom stereocenters. The van der Waals surface area contributed by atoms with E-state index in [1.165, 1.54) is 5.56 Å². The van der Waals surface area contributed by atoms with Crippen LogP contribution in [0.1, 0.15) is 22.8 Å². The number of aliphatic hydroxyl groups excluding tert-OH is 1. The highest BCUT2D eigenvalue weighted by Gasteiger charge is 2.23. The number of aliphatic hydroxyl groups is 1. The van der Waals surface area contributed by atoms with E-state index in [1.807, 2.05) is 30.3 Å². The van der Waals surface area contributed by atoms with E-state index in [0.29, 0.717) is 6.61 Å². The van der Waals surface area contributed by atoms with Crippen LogP contribution in [0.3, 0.4) is 0 Å². The minimum Gasteiger partial charge on any atom is -0.489 e. The molecular weight excluding hydrogens is 236 g/mol. The Labute approximate surface area is 113 Å². The van der Waals surface area contributed by atoms with Crippen LogP contribution < -0.4 is 4.74 Å². The lowest BCUT2D eigenvalue weighted by Crippen LogP contribution is -2.17. The lowest BCUT2D eigenvalue weighted by molar-refractivity contribution is 0.172. The molecule has 1 aliphatic rings. The predicted molar refractivity (Wildman–Crippen MR) is 76.1 cm³/mol. The zero-order valence-electron chi connectivity index (χ0n) is 10.8. The summed E-state index contributed by atoms with van der Waals surface area (Å²) in [7, 11) is 0. The fraction of sp³-hybridized carbons (Fsp3) is 0.176. The average Bonchev–Trinajstić information content (AvgIpc) is 2.45. The number of hydrogen-bond donors (Lipinski definition) is 1. The zero-order chi connectivity index (χ0) is 13.2. The first kappa shape index (κ1) is 12.0. The van der Waals surface area contributed by atoms with E-state index in [4.69, 9.17) is 4.74 Å². The Kier molecular flexibility index (Phi) is 3.10. The molecule has 1 unspecified atom stereocenters. The second kappa shape index (κ2) is 4.90. The van der Waals surface area contributed by atoms with E-state index < -0.39 is 6.10 Å². The van der Waals surface area contributed by atoms with E-state index in [1.54, 1.807) is 0 Å². The van der Waals surface area contributed by atoms with Crippen LogP contribution >= 0.6 is 0 Å². The molecule has 0 amide bonds. The Balaban J connectivity index is 1.93. The van der Waals surface area contributed by atoms with Gasteiger partial charge in [-0.1, -0.05) is 48.0 Å². The number of benzene rings is 2. The van der Waals surface area contributed by atoms with Crippen LogP contribution in [0.2, 0.25) is 0 Å². The standard InChI is InChI=1S/C17H16O2/c1-12-6-8-13(9-7-12)10-14-11-19-16-5-3-2-4-15(16)17(14)18/h2-10,17-18H,11H2,1H3/b14-10+. The van der Waals surface area contributed by atoms with Crippen LogP contribution in [-0.2, 0) is 0 Å². The largest absolute Gasteiger partial charge is 0.489 e. The van der Waals surface area contributed by atoms with Gasteiger partial charge in [0.2, 0.25) is 0 Å². The van der Waals surface area contributed by atoms with Crippen LogP contribution in [-0.4, -0.2) is 11.7 Å². The summed E-state index contributed by atoms with van der Waals surface area (Å²) < 4.78 is 5.67. The zero-order valence-corrected chi connectivity index (χ0v) is 10.8. The van der Waals surface area contributed by atoms with Gasteiger partial charge < -0.3 is 9.84 Å². The average molecular weight is 252 g/mol. The summed E-state index contributed by atoms with van der Waals surface area (Å²) in [6.07, 6.45) is 1.42. The Morgan fingerprint density at radius 1 is 1.11 bits per heavy atom. The van der Waals surface area contributed by atoms with Gasteiger partial charge in [-0.3, -0.25) is 0 Å². The topological polar surface area (TPSA) is 29.5 Å². The van der Waals surface area contributed by atoms with Gasteiger partial charge in [0.1, 0.15) is 18.5 Å². The third-order valence-corrected chi connectivity index (χ3v) is 3.39. The molecule has 2 heteroatoms. The first-order valence-corrected chi connectivity index (χ1v) is 6.41. The van der Waals surface area contributed by atoms with Crippen molar-refractivity contribution in [3.8, 4) is 5.75 Å². The number of fused-ring (bicyclic) bond motifs is 1. The Hall–Kier alpha value is -2.06. The van der Waals surface area contributed by atoms with Gasteiger partial charge in [-0.15, -0.1) is 0 Å². The summed E-state index contributed by atoms with van der Waals surface area (Å²) in [4.78, 5) is 0. The van der Waals surface area contributed by atoms with E-state index >= 15 is 0 Å². The molecule has 19 heavy (non-hydrogen) atoms. The summed E-state index contributed by atoms with van der Waals surface area (Å²) in [5.74, 6) is 0.774. The first-order valence-electron chi connectivity index (χ1n) is 6.41. The number of ether oxygens (including phenoxy) is 1. The number of para-hydroxylation sites is 1. The van der Waals surface area contributed by atoms with Crippen LogP contribution in [0.4, 0.5) is 0 Å². The van der Waals surface area contributed by atoms with Gasteiger partial charge in [-0.25, -0.2) is 0 Å². The minimum absolute atomic E-state index is 0.437. The Morgan fingerprint density at radius 3 is 2.63 bits per heavy atom. The van der Waals surface area contributed by atoms with Gasteiger partial charge >= 0.3 is 0 Å². The van der Waals surface area contributed by atoms with Crippen LogP contribution in [0.15, 0.2) is 54.1 Å². The molecule has 0 aromatic heterocycles. The maximum atomic E-state index is 10.4. The van der Waals surface area contributed by atoms with Crippen molar-refractivity contribution in [3.63, 3.8) is 0 Å². The molecule has 0 saturated carbocycles. The molecule has 1 heterocycles. The quantitative estimate of drug-likeness (QED) is 0.841. The summed E-state index contributed by atoms with van der Waals surface area (Å²) >= 11 is 0. The van der Waals surface area contributed by atoms with Crippen molar-refractivity contribution in [2.24, 2.45) is 0 Å². The normalized spacial score (nSPS) is 19.9. The van der Waals surface area contributed by atoms with E-state index in [9.17, 15) is 5.11 Å². The smallest absolute Gasteiger partial charge is 0.125 e. The van der Waals surface area contributed by atoms with E-state index in [2.05, 4.69) is 31.2 Å².